The third-order valence-electron chi connectivity index (χ3n) is 7.87. The molecule has 2 aromatic carbocycles. The summed E-state index contributed by atoms with van der Waals surface area (Å²) in [6, 6.07) is 15.9. The van der Waals surface area contributed by atoms with Gasteiger partial charge < -0.3 is 19.5 Å². The van der Waals surface area contributed by atoms with Crippen LogP contribution in [-0.2, 0) is 14.3 Å². The first-order valence-corrected chi connectivity index (χ1v) is 13.0. The van der Waals surface area contributed by atoms with E-state index in [1.807, 2.05) is 43.3 Å². The van der Waals surface area contributed by atoms with Crippen molar-refractivity contribution in [3.05, 3.63) is 82.2 Å². The Bertz CT molecular complexity index is 1260. The number of esters is 1. The zero-order chi connectivity index (χ0) is 24.6. The molecule has 0 amide bonds. The molecule has 4 aliphatic rings. The number of rotatable bonds is 4. The Labute approximate surface area is 211 Å². The summed E-state index contributed by atoms with van der Waals surface area (Å²) < 4.78 is 17.2. The minimum atomic E-state index is -0.504. The van der Waals surface area contributed by atoms with E-state index in [9.17, 15) is 9.59 Å². The van der Waals surface area contributed by atoms with Gasteiger partial charge in [-0.2, -0.15) is 0 Å². The SMILES string of the molecule is CC1=C(C(=O)OC2CCCCC2)[C@H](c2ccc3c(c2)OCO3)C2=C(C[C@H](c3ccccc3)CC2=O)N1. The summed E-state index contributed by atoms with van der Waals surface area (Å²) in [5.41, 5.74) is 4.83. The Morgan fingerprint density at radius 1 is 0.944 bits per heavy atom. The van der Waals surface area contributed by atoms with Crippen molar-refractivity contribution in [2.24, 2.45) is 0 Å². The van der Waals surface area contributed by atoms with E-state index in [0.717, 1.165) is 48.2 Å². The van der Waals surface area contributed by atoms with Crippen LogP contribution in [-0.4, -0.2) is 24.6 Å². The summed E-state index contributed by atoms with van der Waals surface area (Å²) >= 11 is 0. The molecule has 1 saturated carbocycles. The van der Waals surface area contributed by atoms with Gasteiger partial charge in [-0.1, -0.05) is 42.8 Å². The Morgan fingerprint density at radius 2 is 1.72 bits per heavy atom. The monoisotopic (exact) mass is 485 g/mol. The van der Waals surface area contributed by atoms with E-state index in [1.165, 1.54) is 6.42 Å². The molecule has 6 heteroatoms. The molecule has 2 aliphatic heterocycles. The van der Waals surface area contributed by atoms with Crippen LogP contribution in [0, 0.1) is 0 Å². The van der Waals surface area contributed by atoms with Crippen LogP contribution in [0.5, 0.6) is 11.5 Å². The first-order valence-electron chi connectivity index (χ1n) is 13.0. The van der Waals surface area contributed by atoms with Crippen molar-refractivity contribution in [3.8, 4) is 11.5 Å². The zero-order valence-electron chi connectivity index (χ0n) is 20.5. The summed E-state index contributed by atoms with van der Waals surface area (Å²) in [6.07, 6.45) is 6.19. The molecule has 0 unspecified atom stereocenters. The molecule has 0 radical (unpaired) electrons. The second-order valence-electron chi connectivity index (χ2n) is 10.2. The smallest absolute Gasteiger partial charge is 0.337 e. The second kappa shape index (κ2) is 9.49. The molecule has 0 saturated heterocycles. The average Bonchev–Trinajstić information content (AvgIpc) is 3.37. The van der Waals surface area contributed by atoms with E-state index in [2.05, 4.69) is 17.4 Å². The van der Waals surface area contributed by atoms with Gasteiger partial charge >= 0.3 is 5.97 Å². The summed E-state index contributed by atoms with van der Waals surface area (Å²) in [4.78, 5) is 27.4. The summed E-state index contributed by atoms with van der Waals surface area (Å²) in [5.74, 6) is 0.640. The highest BCUT2D eigenvalue weighted by Gasteiger charge is 2.42. The van der Waals surface area contributed by atoms with Crippen LogP contribution in [0.4, 0.5) is 0 Å². The standard InChI is InChI=1S/C30H31NO5/c1-18-27(30(33)36-22-10-6-3-7-11-22)28(20-12-13-25-26(16-20)35-17-34-25)29-23(31-18)14-21(15-24(29)32)19-8-4-2-5-9-19/h2,4-5,8-9,12-13,16,21-22,28,31H,3,6-7,10-11,14-15,17H2,1H3/t21-,28-/m0/s1. The molecule has 2 heterocycles. The van der Waals surface area contributed by atoms with Crippen molar-refractivity contribution in [1.29, 1.82) is 0 Å². The molecule has 186 valence electrons. The lowest BCUT2D eigenvalue weighted by molar-refractivity contribution is -0.146. The van der Waals surface area contributed by atoms with Gasteiger partial charge in [0, 0.05) is 29.3 Å². The molecular formula is C30H31NO5. The molecule has 2 atom stereocenters. The number of nitrogens with one attached hydrogen (secondary N) is 1. The molecule has 1 fully saturated rings. The number of hydrogen-bond acceptors (Lipinski definition) is 6. The number of ketones is 1. The lowest BCUT2D eigenvalue weighted by atomic mass is 9.71. The van der Waals surface area contributed by atoms with Gasteiger partial charge in [-0.25, -0.2) is 4.79 Å². The predicted octanol–water partition coefficient (Wildman–Crippen LogP) is 5.65. The van der Waals surface area contributed by atoms with Gasteiger partial charge in [-0.15, -0.1) is 0 Å². The molecule has 2 aliphatic carbocycles. The Morgan fingerprint density at radius 3 is 2.53 bits per heavy atom. The van der Waals surface area contributed by atoms with Crippen LogP contribution in [0.2, 0.25) is 0 Å². The number of dihydropyridines is 1. The van der Waals surface area contributed by atoms with Crippen molar-refractivity contribution in [2.75, 3.05) is 6.79 Å². The van der Waals surface area contributed by atoms with Crippen molar-refractivity contribution in [2.45, 2.75) is 69.8 Å². The normalized spacial score (nSPS) is 23.9. The van der Waals surface area contributed by atoms with E-state index in [4.69, 9.17) is 14.2 Å². The molecule has 6 rings (SSSR count). The predicted molar refractivity (Wildman–Crippen MR) is 135 cm³/mol. The third-order valence-corrected chi connectivity index (χ3v) is 7.87. The van der Waals surface area contributed by atoms with Gasteiger partial charge in [0.15, 0.2) is 17.3 Å². The Hall–Kier alpha value is -3.54. The molecule has 2 aromatic rings. The zero-order valence-corrected chi connectivity index (χ0v) is 20.5. The molecule has 6 nitrogen and oxygen atoms in total. The van der Waals surface area contributed by atoms with E-state index in [-0.39, 0.29) is 30.6 Å². The number of allylic oxidation sites excluding steroid dienone is 3. The number of ether oxygens (including phenoxy) is 3. The number of fused-ring (bicyclic) bond motifs is 1. The Kier molecular flexibility index (Phi) is 6.04. The lowest BCUT2D eigenvalue weighted by Crippen LogP contribution is -2.37. The van der Waals surface area contributed by atoms with Gasteiger partial charge in [0.05, 0.1) is 5.57 Å². The summed E-state index contributed by atoms with van der Waals surface area (Å²) in [7, 11) is 0. The van der Waals surface area contributed by atoms with Crippen molar-refractivity contribution in [1.82, 2.24) is 5.32 Å². The van der Waals surface area contributed by atoms with Gasteiger partial charge in [0.1, 0.15) is 6.10 Å². The van der Waals surface area contributed by atoms with Crippen LogP contribution in [0.3, 0.4) is 0 Å². The maximum absolute atomic E-state index is 13.8. The van der Waals surface area contributed by atoms with Gasteiger partial charge in [0.2, 0.25) is 6.79 Å². The number of benzene rings is 2. The number of carbonyl (C=O) groups excluding carboxylic acids is 2. The maximum atomic E-state index is 13.8. The fraction of sp³-hybridized carbons (Fsp3) is 0.400. The maximum Gasteiger partial charge on any atom is 0.337 e. The number of hydrogen-bond donors (Lipinski definition) is 1. The van der Waals surface area contributed by atoms with E-state index < -0.39 is 5.92 Å². The molecule has 0 spiro atoms. The van der Waals surface area contributed by atoms with Crippen molar-refractivity contribution in [3.63, 3.8) is 0 Å². The average molecular weight is 486 g/mol. The van der Waals surface area contributed by atoms with Gasteiger partial charge in [-0.05, 0) is 68.2 Å². The first kappa shape index (κ1) is 22.9. The highest BCUT2D eigenvalue weighted by molar-refractivity contribution is 6.04. The highest BCUT2D eigenvalue weighted by Crippen LogP contribution is 2.47. The first-order chi connectivity index (χ1) is 17.6. The largest absolute Gasteiger partial charge is 0.459 e. The second-order valence-corrected chi connectivity index (χ2v) is 10.2. The molecule has 36 heavy (non-hydrogen) atoms. The van der Waals surface area contributed by atoms with Crippen LogP contribution in [0.1, 0.15) is 74.8 Å². The van der Waals surface area contributed by atoms with E-state index in [0.29, 0.717) is 35.5 Å². The lowest BCUT2D eigenvalue weighted by Gasteiger charge is -2.37. The number of Topliss-reactive ketones (excluding diaryl/α,β-unsaturated/α-hetero) is 1. The Balaban J connectivity index is 1.39. The van der Waals surface area contributed by atoms with Crippen molar-refractivity contribution >= 4 is 11.8 Å². The van der Waals surface area contributed by atoms with Crippen molar-refractivity contribution < 1.29 is 23.8 Å². The fourth-order valence-corrected chi connectivity index (χ4v) is 6.09. The third kappa shape index (κ3) is 4.19. The quantitative estimate of drug-likeness (QED) is 0.564. The van der Waals surface area contributed by atoms with Crippen LogP contribution in [0.15, 0.2) is 71.1 Å². The van der Waals surface area contributed by atoms with Gasteiger partial charge in [0.25, 0.3) is 0 Å². The topological polar surface area (TPSA) is 73.9 Å². The summed E-state index contributed by atoms with van der Waals surface area (Å²) in [5, 5.41) is 3.45. The molecule has 1 N–H and O–H groups in total. The highest BCUT2D eigenvalue weighted by atomic mass is 16.7. The fourth-order valence-electron chi connectivity index (χ4n) is 6.09. The van der Waals surface area contributed by atoms with Crippen LogP contribution in [0.25, 0.3) is 0 Å². The van der Waals surface area contributed by atoms with E-state index >= 15 is 0 Å². The summed E-state index contributed by atoms with van der Waals surface area (Å²) in [6.45, 7) is 2.08. The minimum absolute atomic E-state index is 0.0655. The van der Waals surface area contributed by atoms with Crippen LogP contribution >= 0.6 is 0 Å². The van der Waals surface area contributed by atoms with E-state index in [1.54, 1.807) is 0 Å². The molecule has 0 bridgehead atoms. The number of carbonyl (C=O) groups is 2. The van der Waals surface area contributed by atoms with Crippen LogP contribution < -0.4 is 14.8 Å². The van der Waals surface area contributed by atoms with Gasteiger partial charge in [-0.3, -0.25) is 4.79 Å². The molecule has 0 aromatic heterocycles. The minimum Gasteiger partial charge on any atom is -0.459 e. The molecular weight excluding hydrogens is 454 g/mol.